The predicted molar refractivity (Wildman–Crippen MR) is 242 cm³/mol. The van der Waals surface area contributed by atoms with Crippen LogP contribution in [0.2, 0.25) is 0 Å². The minimum absolute atomic E-state index is 0.294. The maximum atomic E-state index is 6.91. The fourth-order valence-electron chi connectivity index (χ4n) is 11.3. The van der Waals surface area contributed by atoms with Gasteiger partial charge in [0.15, 0.2) is 0 Å². The summed E-state index contributed by atoms with van der Waals surface area (Å²) in [6, 6.07) is 76.1. The molecule has 0 bridgehead atoms. The number of anilines is 3. The van der Waals surface area contributed by atoms with E-state index in [2.05, 4.69) is 218 Å². The summed E-state index contributed by atoms with van der Waals surface area (Å²) >= 11 is 0. The van der Waals surface area contributed by atoms with Crippen molar-refractivity contribution < 1.29 is 4.42 Å². The first kappa shape index (κ1) is 32.6. The number of rotatable bonds is 4. The fourth-order valence-corrected chi connectivity index (χ4v) is 11.3. The van der Waals surface area contributed by atoms with Crippen molar-refractivity contribution in [1.29, 1.82) is 0 Å². The van der Waals surface area contributed by atoms with E-state index in [4.69, 9.17) is 4.42 Å². The third kappa shape index (κ3) is 4.15. The van der Waals surface area contributed by atoms with Gasteiger partial charge in [0.1, 0.15) is 11.2 Å². The Bertz CT molecular complexity index is 3280. The summed E-state index contributed by atoms with van der Waals surface area (Å²) in [6.07, 6.45) is 0. The number of fused-ring (bicyclic) bond motifs is 16. The highest BCUT2D eigenvalue weighted by molar-refractivity contribution is 6.07. The molecule has 0 radical (unpaired) electrons. The zero-order valence-corrected chi connectivity index (χ0v) is 32.5. The Morgan fingerprint density at radius 2 is 0.847 bits per heavy atom. The molecule has 59 heavy (non-hydrogen) atoms. The number of para-hydroxylation sites is 1. The summed E-state index contributed by atoms with van der Waals surface area (Å²) in [6.45, 7) is 2.36. The van der Waals surface area contributed by atoms with Crippen LogP contribution in [-0.4, -0.2) is 0 Å². The van der Waals surface area contributed by atoms with Crippen LogP contribution in [0.4, 0.5) is 17.1 Å². The molecule has 2 nitrogen and oxygen atoms in total. The van der Waals surface area contributed by atoms with E-state index in [1.165, 1.54) is 72.3 Å². The highest BCUT2D eigenvalue weighted by Gasteiger charge is 2.52. The van der Waals surface area contributed by atoms with E-state index in [0.29, 0.717) is 0 Å². The molecular formula is C57H37NO. The highest BCUT2D eigenvalue weighted by atomic mass is 16.3. The maximum absolute atomic E-state index is 6.91. The topological polar surface area (TPSA) is 16.4 Å². The van der Waals surface area contributed by atoms with Crippen LogP contribution in [-0.2, 0) is 10.8 Å². The zero-order valence-electron chi connectivity index (χ0n) is 32.5. The Morgan fingerprint density at radius 3 is 1.47 bits per heavy atom. The number of nitrogens with zero attached hydrogens (tertiary/aromatic N) is 1. The summed E-state index contributed by atoms with van der Waals surface area (Å²) in [5.41, 5.74) is 21.3. The molecule has 276 valence electrons. The minimum atomic E-state index is -0.422. The normalized spacial score (nSPS) is 14.5. The van der Waals surface area contributed by atoms with Gasteiger partial charge in [-0.1, -0.05) is 164 Å². The van der Waals surface area contributed by atoms with Gasteiger partial charge in [0.05, 0.1) is 11.1 Å². The smallest absolute Gasteiger partial charge is 0.137 e. The first-order valence-electron chi connectivity index (χ1n) is 20.6. The minimum Gasteiger partial charge on any atom is -0.456 e. The molecule has 9 aromatic carbocycles. The predicted octanol–water partition coefficient (Wildman–Crippen LogP) is 14.7. The van der Waals surface area contributed by atoms with Crippen LogP contribution in [0, 0.1) is 0 Å². The Hall–Kier alpha value is -7.42. The lowest BCUT2D eigenvalue weighted by Gasteiger charge is -2.31. The van der Waals surface area contributed by atoms with E-state index in [9.17, 15) is 0 Å². The molecule has 0 saturated heterocycles. The summed E-state index contributed by atoms with van der Waals surface area (Å²) in [4.78, 5) is 2.42. The summed E-state index contributed by atoms with van der Waals surface area (Å²) in [5, 5.41) is 2.24. The summed E-state index contributed by atoms with van der Waals surface area (Å²) in [7, 11) is 0. The molecule has 0 amide bonds. The molecule has 0 unspecified atom stereocenters. The van der Waals surface area contributed by atoms with Crippen LogP contribution in [0.5, 0.6) is 0 Å². The van der Waals surface area contributed by atoms with Crippen molar-refractivity contribution in [1.82, 2.24) is 0 Å². The Balaban J connectivity index is 1.01. The molecule has 13 rings (SSSR count). The van der Waals surface area contributed by atoms with Crippen molar-refractivity contribution in [3.8, 4) is 33.4 Å². The molecule has 0 fully saturated rings. The lowest BCUT2D eigenvalue weighted by Crippen LogP contribution is -2.26. The maximum Gasteiger partial charge on any atom is 0.137 e. The van der Waals surface area contributed by atoms with Gasteiger partial charge in [-0.2, -0.15) is 0 Å². The number of benzene rings is 9. The summed E-state index contributed by atoms with van der Waals surface area (Å²) in [5.74, 6) is 0. The molecule has 0 atom stereocenters. The monoisotopic (exact) mass is 751 g/mol. The molecule has 3 aliphatic carbocycles. The fraction of sp³-hybridized carbons (Fsp3) is 0.0526. The van der Waals surface area contributed by atoms with E-state index in [1.807, 2.05) is 0 Å². The van der Waals surface area contributed by atoms with Gasteiger partial charge in [0.25, 0.3) is 0 Å². The number of hydrogen-bond donors (Lipinski definition) is 0. The summed E-state index contributed by atoms with van der Waals surface area (Å²) < 4.78 is 6.91. The van der Waals surface area contributed by atoms with E-state index >= 15 is 0 Å². The standard InChI is InChI=1S/C57H37NO/c1-56(46-23-10-5-18-39(46)40-19-6-11-24-47(40)56)36-30-32-43-44-33-31-38(35-54(44)59-53(43)34-36)58(37-16-3-2-4-17-37)52-29-15-28-51-55(52)45-22-9-14-27-50(45)57(51)48-25-12-7-20-41(48)42-21-8-13-26-49(42)57/h2-35H,1H3. The van der Waals surface area contributed by atoms with Gasteiger partial charge >= 0.3 is 0 Å². The van der Waals surface area contributed by atoms with Gasteiger partial charge in [0, 0.05) is 39.2 Å². The van der Waals surface area contributed by atoms with Crippen molar-refractivity contribution in [3.63, 3.8) is 0 Å². The van der Waals surface area contributed by atoms with Crippen LogP contribution in [0.15, 0.2) is 211 Å². The van der Waals surface area contributed by atoms with Crippen LogP contribution in [0.25, 0.3) is 55.3 Å². The second kappa shape index (κ2) is 11.8. The molecule has 1 spiro atoms. The first-order chi connectivity index (χ1) is 29.2. The van der Waals surface area contributed by atoms with E-state index in [0.717, 1.165) is 39.0 Å². The average Bonchev–Trinajstić information content (AvgIpc) is 4.00. The second-order valence-corrected chi connectivity index (χ2v) is 16.5. The van der Waals surface area contributed by atoms with Gasteiger partial charge in [-0.15, -0.1) is 0 Å². The van der Waals surface area contributed by atoms with Crippen LogP contribution in [0.1, 0.15) is 45.9 Å². The molecular weight excluding hydrogens is 715 g/mol. The number of hydrogen-bond acceptors (Lipinski definition) is 2. The first-order valence-corrected chi connectivity index (χ1v) is 20.6. The SMILES string of the molecule is CC1(c2ccc3c(c2)oc2cc(N(c4ccccc4)c4cccc5c4-c4ccccc4C54c5ccccc5-c5ccccc54)ccc23)c2ccccc2-c2ccccc21. The van der Waals surface area contributed by atoms with Crippen molar-refractivity contribution in [3.05, 3.63) is 245 Å². The van der Waals surface area contributed by atoms with Gasteiger partial charge in [-0.05, 0) is 110 Å². The second-order valence-electron chi connectivity index (χ2n) is 16.5. The Labute approximate surface area is 343 Å². The molecule has 0 N–H and O–H groups in total. The number of furan rings is 1. The van der Waals surface area contributed by atoms with Crippen molar-refractivity contribution in [2.24, 2.45) is 0 Å². The third-order valence-electron chi connectivity index (χ3n) is 13.8. The average molecular weight is 752 g/mol. The molecule has 10 aromatic rings. The molecule has 1 aromatic heterocycles. The van der Waals surface area contributed by atoms with E-state index < -0.39 is 5.41 Å². The molecule has 0 aliphatic heterocycles. The van der Waals surface area contributed by atoms with Gasteiger partial charge < -0.3 is 9.32 Å². The lowest BCUT2D eigenvalue weighted by molar-refractivity contribution is 0.662. The van der Waals surface area contributed by atoms with Gasteiger partial charge in [0.2, 0.25) is 0 Å². The van der Waals surface area contributed by atoms with Crippen molar-refractivity contribution in [2.75, 3.05) is 4.90 Å². The third-order valence-corrected chi connectivity index (χ3v) is 13.8. The molecule has 0 saturated carbocycles. The molecule has 1 heterocycles. The zero-order chi connectivity index (χ0) is 38.9. The highest BCUT2D eigenvalue weighted by Crippen LogP contribution is 2.64. The Kier molecular flexibility index (Phi) is 6.54. The van der Waals surface area contributed by atoms with Gasteiger partial charge in [-0.3, -0.25) is 0 Å². The lowest BCUT2D eigenvalue weighted by atomic mass is 9.70. The van der Waals surface area contributed by atoms with Crippen LogP contribution >= 0.6 is 0 Å². The van der Waals surface area contributed by atoms with E-state index in [1.54, 1.807) is 0 Å². The van der Waals surface area contributed by atoms with E-state index in [-0.39, 0.29) is 5.41 Å². The quantitative estimate of drug-likeness (QED) is 0.178. The largest absolute Gasteiger partial charge is 0.456 e. The molecule has 2 heteroatoms. The van der Waals surface area contributed by atoms with Crippen molar-refractivity contribution >= 4 is 39.0 Å². The van der Waals surface area contributed by atoms with Crippen LogP contribution in [0.3, 0.4) is 0 Å². The van der Waals surface area contributed by atoms with Crippen LogP contribution < -0.4 is 4.90 Å². The van der Waals surface area contributed by atoms with Crippen molar-refractivity contribution in [2.45, 2.75) is 17.8 Å². The van der Waals surface area contributed by atoms with Gasteiger partial charge in [-0.25, -0.2) is 0 Å². The molecule has 3 aliphatic rings. The Morgan fingerprint density at radius 1 is 0.373 bits per heavy atom.